The van der Waals surface area contributed by atoms with Crippen LogP contribution in [-0.2, 0) is 6.54 Å². The molecule has 3 N–H and O–H groups in total. The molecule has 9 heteroatoms. The van der Waals surface area contributed by atoms with Crippen molar-refractivity contribution in [2.75, 3.05) is 0 Å². The van der Waals surface area contributed by atoms with Crippen LogP contribution in [-0.4, -0.2) is 35.4 Å². The molecular weight excluding hydrogens is 262 g/mol. The van der Waals surface area contributed by atoms with Crippen molar-refractivity contribution in [3.05, 3.63) is 34.9 Å². The van der Waals surface area contributed by atoms with Gasteiger partial charge in [-0.2, -0.15) is 4.68 Å². The molecule has 20 heavy (non-hydrogen) atoms. The van der Waals surface area contributed by atoms with Crippen molar-refractivity contribution >= 4 is 5.84 Å². The van der Waals surface area contributed by atoms with Gasteiger partial charge in [-0.1, -0.05) is 19.0 Å². The summed E-state index contributed by atoms with van der Waals surface area (Å²) in [6.07, 6.45) is 4.42. The minimum atomic E-state index is -0.280. The van der Waals surface area contributed by atoms with Crippen molar-refractivity contribution in [3.8, 4) is 5.82 Å². The smallest absolute Gasteiger partial charge is 0.295 e. The van der Waals surface area contributed by atoms with E-state index >= 15 is 0 Å². The zero-order valence-corrected chi connectivity index (χ0v) is 11.1. The molecule has 0 atom stereocenters. The van der Waals surface area contributed by atoms with E-state index < -0.39 is 0 Å². The Balaban J connectivity index is 2.43. The Morgan fingerprint density at radius 3 is 2.90 bits per heavy atom. The fourth-order valence-corrected chi connectivity index (χ4v) is 1.66. The fraction of sp³-hybridized carbons (Fsp3) is 0.364. The van der Waals surface area contributed by atoms with E-state index in [-0.39, 0.29) is 23.0 Å². The number of nitrogens with zero attached hydrogens (tertiary/aromatic N) is 6. The van der Waals surface area contributed by atoms with Crippen LogP contribution >= 0.6 is 0 Å². The van der Waals surface area contributed by atoms with Crippen LogP contribution in [0, 0.1) is 5.92 Å². The first kappa shape index (κ1) is 13.7. The summed E-state index contributed by atoms with van der Waals surface area (Å²) in [6, 6.07) is 0. The number of amidine groups is 1. The van der Waals surface area contributed by atoms with Crippen LogP contribution in [0.1, 0.15) is 19.7 Å². The molecule has 0 amide bonds. The Morgan fingerprint density at radius 2 is 2.25 bits per heavy atom. The van der Waals surface area contributed by atoms with Gasteiger partial charge in [0.05, 0.1) is 0 Å². The van der Waals surface area contributed by atoms with Gasteiger partial charge in [0.25, 0.3) is 5.56 Å². The van der Waals surface area contributed by atoms with E-state index in [2.05, 4.69) is 20.2 Å². The molecule has 0 spiro atoms. The number of hydrogen-bond acceptors (Lipinski definition) is 6. The third-order valence-electron chi connectivity index (χ3n) is 2.50. The molecule has 0 radical (unpaired) electrons. The molecule has 2 aromatic heterocycles. The van der Waals surface area contributed by atoms with Gasteiger partial charge in [-0.25, -0.2) is 9.97 Å². The summed E-state index contributed by atoms with van der Waals surface area (Å²) in [5.41, 5.74) is 5.10. The van der Waals surface area contributed by atoms with Crippen molar-refractivity contribution in [2.45, 2.75) is 20.4 Å². The van der Waals surface area contributed by atoms with Crippen LogP contribution in [0.15, 0.2) is 28.7 Å². The van der Waals surface area contributed by atoms with Gasteiger partial charge >= 0.3 is 0 Å². The number of nitrogens with two attached hydrogens (primary N) is 1. The quantitative estimate of drug-likeness (QED) is 0.338. The van der Waals surface area contributed by atoms with Crippen LogP contribution in [0.3, 0.4) is 0 Å². The van der Waals surface area contributed by atoms with Gasteiger partial charge in [0.15, 0.2) is 0 Å². The maximum absolute atomic E-state index is 12.3. The molecule has 0 saturated carbocycles. The molecule has 0 bridgehead atoms. The van der Waals surface area contributed by atoms with Crippen molar-refractivity contribution in [1.82, 2.24) is 24.3 Å². The molecule has 0 aromatic carbocycles. The van der Waals surface area contributed by atoms with E-state index in [1.54, 1.807) is 10.8 Å². The standard InChI is InChI=1S/C11H15N7O2/c1-7(2)5-17-4-3-13-10(11(17)19)18-6-14-9(15-18)8(12)16-20/h3-4,6-7,20H,5H2,1-2H3,(H2,12,16). The lowest BCUT2D eigenvalue weighted by atomic mass is 10.2. The summed E-state index contributed by atoms with van der Waals surface area (Å²) in [5.74, 6) is 0.221. The second kappa shape index (κ2) is 5.51. The van der Waals surface area contributed by atoms with E-state index in [0.717, 1.165) is 0 Å². The van der Waals surface area contributed by atoms with E-state index in [0.29, 0.717) is 12.5 Å². The fourth-order valence-electron chi connectivity index (χ4n) is 1.66. The maximum atomic E-state index is 12.3. The third-order valence-corrected chi connectivity index (χ3v) is 2.50. The number of oxime groups is 1. The number of hydrogen-bond donors (Lipinski definition) is 2. The van der Waals surface area contributed by atoms with Crippen LogP contribution in [0.25, 0.3) is 5.82 Å². The Kier molecular flexibility index (Phi) is 3.78. The average Bonchev–Trinajstić information content (AvgIpc) is 2.89. The first-order valence-electron chi connectivity index (χ1n) is 5.98. The topological polar surface area (TPSA) is 124 Å². The van der Waals surface area contributed by atoms with Crippen molar-refractivity contribution in [3.63, 3.8) is 0 Å². The monoisotopic (exact) mass is 277 g/mol. The first-order valence-corrected chi connectivity index (χ1v) is 5.98. The van der Waals surface area contributed by atoms with Crippen LogP contribution in [0.4, 0.5) is 0 Å². The SMILES string of the molecule is CC(C)Cn1ccnc(-n2cnc(C(N)=NO)n2)c1=O. The summed E-state index contributed by atoms with van der Waals surface area (Å²) < 4.78 is 2.75. The summed E-state index contributed by atoms with van der Waals surface area (Å²) in [5, 5.41) is 15.3. The molecule has 0 saturated heterocycles. The van der Waals surface area contributed by atoms with Crippen molar-refractivity contribution in [2.24, 2.45) is 16.8 Å². The van der Waals surface area contributed by atoms with Gasteiger partial charge < -0.3 is 15.5 Å². The highest BCUT2D eigenvalue weighted by Crippen LogP contribution is 1.99. The average molecular weight is 277 g/mol. The number of rotatable bonds is 4. The van der Waals surface area contributed by atoms with Gasteiger partial charge in [0, 0.05) is 18.9 Å². The highest BCUT2D eigenvalue weighted by Gasteiger charge is 2.12. The van der Waals surface area contributed by atoms with Crippen LogP contribution < -0.4 is 11.3 Å². The molecule has 2 aromatic rings. The lowest BCUT2D eigenvalue weighted by molar-refractivity contribution is 0.318. The zero-order valence-electron chi connectivity index (χ0n) is 11.1. The Morgan fingerprint density at radius 1 is 1.50 bits per heavy atom. The summed E-state index contributed by atoms with van der Waals surface area (Å²) >= 11 is 0. The molecule has 2 rings (SSSR count). The summed E-state index contributed by atoms with van der Waals surface area (Å²) in [4.78, 5) is 20.1. The van der Waals surface area contributed by atoms with Crippen LogP contribution in [0.2, 0.25) is 0 Å². The van der Waals surface area contributed by atoms with Crippen molar-refractivity contribution in [1.29, 1.82) is 0 Å². The molecule has 9 nitrogen and oxygen atoms in total. The predicted molar refractivity (Wildman–Crippen MR) is 70.8 cm³/mol. The Labute approximate surface area is 114 Å². The third kappa shape index (κ3) is 2.66. The maximum Gasteiger partial charge on any atom is 0.295 e. The van der Waals surface area contributed by atoms with E-state index in [1.165, 1.54) is 17.2 Å². The highest BCUT2D eigenvalue weighted by atomic mass is 16.4. The Hall–Kier alpha value is -2.71. The highest BCUT2D eigenvalue weighted by molar-refractivity contribution is 5.93. The van der Waals surface area contributed by atoms with Gasteiger partial charge in [0.1, 0.15) is 6.33 Å². The molecule has 106 valence electrons. The zero-order chi connectivity index (χ0) is 14.7. The minimum absolute atomic E-state index is 0.0213. The normalized spacial score (nSPS) is 12.1. The van der Waals surface area contributed by atoms with Crippen LogP contribution in [0.5, 0.6) is 0 Å². The van der Waals surface area contributed by atoms with Crippen molar-refractivity contribution < 1.29 is 5.21 Å². The molecule has 0 aliphatic heterocycles. The molecule has 2 heterocycles. The molecule has 0 aliphatic carbocycles. The minimum Gasteiger partial charge on any atom is -0.409 e. The lowest BCUT2D eigenvalue weighted by Crippen LogP contribution is -2.27. The molecular formula is C11H15N7O2. The van der Waals surface area contributed by atoms with Gasteiger partial charge in [-0.3, -0.25) is 4.79 Å². The summed E-state index contributed by atoms with van der Waals surface area (Å²) in [7, 11) is 0. The van der Waals surface area contributed by atoms with E-state index in [1.807, 2.05) is 13.8 Å². The largest absolute Gasteiger partial charge is 0.409 e. The second-order valence-corrected chi connectivity index (χ2v) is 4.60. The number of aromatic nitrogens is 5. The van der Waals surface area contributed by atoms with E-state index in [4.69, 9.17) is 10.9 Å². The molecule has 0 aliphatic rings. The molecule has 0 fully saturated rings. The van der Waals surface area contributed by atoms with Gasteiger partial charge in [-0.05, 0) is 5.92 Å². The van der Waals surface area contributed by atoms with E-state index in [9.17, 15) is 4.79 Å². The summed E-state index contributed by atoms with van der Waals surface area (Å²) in [6.45, 7) is 4.60. The van der Waals surface area contributed by atoms with Gasteiger partial charge in [-0.15, -0.1) is 5.10 Å². The van der Waals surface area contributed by atoms with Gasteiger partial charge in [0.2, 0.25) is 17.5 Å². The lowest BCUT2D eigenvalue weighted by Gasteiger charge is -2.09. The Bertz CT molecular complexity index is 686. The second-order valence-electron chi connectivity index (χ2n) is 4.60. The first-order chi connectivity index (χ1) is 9.52. The predicted octanol–water partition coefficient (Wildman–Crippen LogP) is -0.425. The molecule has 0 unspecified atom stereocenters.